The van der Waals surface area contributed by atoms with Gasteiger partial charge < -0.3 is 5.11 Å². The maximum absolute atomic E-state index is 12.6. The topological polar surface area (TPSA) is 54.4 Å². The van der Waals surface area contributed by atoms with E-state index >= 15 is 0 Å². The average Bonchev–Trinajstić information content (AvgIpc) is 2.38. The third-order valence-corrected chi connectivity index (χ3v) is 4.07. The minimum Gasteiger partial charge on any atom is -0.481 e. The lowest BCUT2D eigenvalue weighted by molar-refractivity contribution is -0.144. The van der Waals surface area contributed by atoms with Gasteiger partial charge in [0, 0.05) is 11.5 Å². The Morgan fingerprint density at radius 2 is 1.74 bits per heavy atom. The maximum atomic E-state index is 12.6. The summed E-state index contributed by atoms with van der Waals surface area (Å²) in [5.74, 6) is -1.69. The van der Waals surface area contributed by atoms with E-state index in [1.165, 1.54) is 0 Å². The minimum absolute atomic E-state index is 0.00426. The fourth-order valence-corrected chi connectivity index (χ4v) is 3.03. The van der Waals surface area contributed by atoms with Crippen LogP contribution in [0.15, 0.2) is 18.2 Å². The van der Waals surface area contributed by atoms with Gasteiger partial charge in [0.25, 0.3) is 0 Å². The molecule has 0 aromatic heterocycles. The normalized spacial score (nSPS) is 23.1. The lowest BCUT2D eigenvalue weighted by Gasteiger charge is -2.27. The molecule has 1 saturated carbocycles. The zero-order valence-corrected chi connectivity index (χ0v) is 11.5. The standard InChI is InChI=1S/C16H20O3/c1-10-7-8-12(11(2)9-10)15(17)13-5-3-4-6-14(13)16(18)19/h7-9,13-14H,3-6H2,1-2H3,(H,18,19)/t13-,14+/m1/s1. The van der Waals surface area contributed by atoms with Gasteiger partial charge in [0.1, 0.15) is 0 Å². The Bertz CT molecular complexity index is 505. The molecule has 0 heterocycles. The molecule has 0 radical (unpaired) electrons. The van der Waals surface area contributed by atoms with Crippen LogP contribution in [0.2, 0.25) is 0 Å². The molecule has 2 atom stereocenters. The van der Waals surface area contributed by atoms with E-state index in [1.54, 1.807) is 0 Å². The molecule has 0 unspecified atom stereocenters. The Morgan fingerprint density at radius 3 is 2.32 bits per heavy atom. The lowest BCUT2D eigenvalue weighted by Crippen LogP contribution is -2.33. The number of carbonyl (C=O) groups excluding carboxylic acids is 1. The third-order valence-electron chi connectivity index (χ3n) is 4.07. The summed E-state index contributed by atoms with van der Waals surface area (Å²) in [6.45, 7) is 3.90. The van der Waals surface area contributed by atoms with Crippen LogP contribution >= 0.6 is 0 Å². The highest BCUT2D eigenvalue weighted by molar-refractivity contribution is 6.01. The highest BCUT2D eigenvalue weighted by atomic mass is 16.4. The van der Waals surface area contributed by atoms with E-state index < -0.39 is 11.9 Å². The fourth-order valence-electron chi connectivity index (χ4n) is 3.03. The molecule has 1 fully saturated rings. The summed E-state index contributed by atoms with van der Waals surface area (Å²) in [6, 6.07) is 5.73. The Balaban J connectivity index is 2.28. The van der Waals surface area contributed by atoms with Crippen LogP contribution in [0, 0.1) is 25.7 Å². The molecule has 3 heteroatoms. The molecule has 1 aliphatic rings. The number of carboxylic acid groups (broad SMARTS) is 1. The SMILES string of the molecule is Cc1ccc(C(=O)[C@@H]2CCCC[C@@H]2C(=O)O)c(C)c1. The number of carbonyl (C=O) groups is 2. The molecule has 1 N–H and O–H groups in total. The molecule has 102 valence electrons. The van der Waals surface area contributed by atoms with Gasteiger partial charge in [0.2, 0.25) is 0 Å². The number of aliphatic carboxylic acids is 1. The summed E-state index contributed by atoms with van der Waals surface area (Å²) in [7, 11) is 0. The molecule has 1 aromatic rings. The molecule has 0 spiro atoms. The van der Waals surface area contributed by atoms with Crippen LogP contribution in [0.1, 0.15) is 47.2 Å². The first kappa shape index (κ1) is 13.8. The Labute approximate surface area is 113 Å². The first-order valence-electron chi connectivity index (χ1n) is 6.85. The number of carboxylic acids is 1. The van der Waals surface area contributed by atoms with Gasteiger partial charge in [-0.15, -0.1) is 0 Å². The second-order valence-corrected chi connectivity index (χ2v) is 5.52. The van der Waals surface area contributed by atoms with Crippen LogP contribution in [-0.4, -0.2) is 16.9 Å². The molecule has 19 heavy (non-hydrogen) atoms. The van der Waals surface area contributed by atoms with Gasteiger partial charge in [0.05, 0.1) is 5.92 Å². The van der Waals surface area contributed by atoms with Crippen molar-refractivity contribution in [2.45, 2.75) is 39.5 Å². The molecule has 0 aliphatic heterocycles. The van der Waals surface area contributed by atoms with Crippen LogP contribution in [0.4, 0.5) is 0 Å². The number of ketones is 1. The molecule has 1 aromatic carbocycles. The summed E-state index contributed by atoms with van der Waals surface area (Å²) in [5, 5.41) is 9.27. The number of rotatable bonds is 3. The van der Waals surface area contributed by atoms with Crippen molar-refractivity contribution in [1.82, 2.24) is 0 Å². The summed E-state index contributed by atoms with van der Waals surface area (Å²) in [6.07, 6.45) is 3.18. The predicted molar refractivity (Wildman–Crippen MR) is 73.3 cm³/mol. The second kappa shape index (κ2) is 5.55. The van der Waals surface area contributed by atoms with Crippen molar-refractivity contribution in [3.8, 4) is 0 Å². The van der Waals surface area contributed by atoms with E-state index in [2.05, 4.69) is 0 Å². The van der Waals surface area contributed by atoms with Gasteiger partial charge in [-0.05, 0) is 32.3 Å². The van der Waals surface area contributed by atoms with Crippen molar-refractivity contribution in [2.75, 3.05) is 0 Å². The van der Waals surface area contributed by atoms with Gasteiger partial charge in [0.15, 0.2) is 5.78 Å². The lowest BCUT2D eigenvalue weighted by atomic mass is 9.75. The number of hydrogen-bond acceptors (Lipinski definition) is 2. The molecule has 0 amide bonds. The monoisotopic (exact) mass is 260 g/mol. The van der Waals surface area contributed by atoms with Crippen molar-refractivity contribution in [3.63, 3.8) is 0 Å². The first-order chi connectivity index (χ1) is 9.00. The zero-order chi connectivity index (χ0) is 14.0. The Kier molecular flexibility index (Phi) is 4.03. The maximum Gasteiger partial charge on any atom is 0.307 e. The van der Waals surface area contributed by atoms with Gasteiger partial charge in [-0.25, -0.2) is 0 Å². The predicted octanol–water partition coefficient (Wildman–Crippen LogP) is 3.38. The highest BCUT2D eigenvalue weighted by Gasteiger charge is 2.36. The number of Topliss-reactive ketones (excluding diaryl/α,β-unsaturated/α-hetero) is 1. The smallest absolute Gasteiger partial charge is 0.307 e. The van der Waals surface area contributed by atoms with E-state index in [-0.39, 0.29) is 11.7 Å². The van der Waals surface area contributed by atoms with Crippen molar-refractivity contribution in [2.24, 2.45) is 11.8 Å². The first-order valence-corrected chi connectivity index (χ1v) is 6.85. The van der Waals surface area contributed by atoms with Gasteiger partial charge in [-0.3, -0.25) is 9.59 Å². The van der Waals surface area contributed by atoms with Gasteiger partial charge >= 0.3 is 5.97 Å². The summed E-state index contributed by atoms with van der Waals surface area (Å²) in [5.41, 5.74) is 2.75. The van der Waals surface area contributed by atoms with Gasteiger partial charge in [-0.1, -0.05) is 36.6 Å². The van der Waals surface area contributed by atoms with Crippen LogP contribution in [0.25, 0.3) is 0 Å². The van der Waals surface area contributed by atoms with E-state index in [9.17, 15) is 14.7 Å². The molecule has 0 bridgehead atoms. The summed E-state index contributed by atoms with van der Waals surface area (Å²) in [4.78, 5) is 23.9. The van der Waals surface area contributed by atoms with E-state index in [0.29, 0.717) is 18.4 Å². The second-order valence-electron chi connectivity index (χ2n) is 5.52. The van der Waals surface area contributed by atoms with Crippen LogP contribution < -0.4 is 0 Å². The molecular formula is C16H20O3. The Hall–Kier alpha value is -1.64. The number of hydrogen-bond donors (Lipinski definition) is 1. The molecular weight excluding hydrogens is 240 g/mol. The highest BCUT2D eigenvalue weighted by Crippen LogP contribution is 2.33. The van der Waals surface area contributed by atoms with Gasteiger partial charge in [-0.2, -0.15) is 0 Å². The summed E-state index contributed by atoms with van der Waals surface area (Å²) >= 11 is 0. The molecule has 3 nitrogen and oxygen atoms in total. The van der Waals surface area contributed by atoms with E-state index in [4.69, 9.17) is 0 Å². The van der Waals surface area contributed by atoms with Crippen molar-refractivity contribution in [1.29, 1.82) is 0 Å². The van der Waals surface area contributed by atoms with Crippen LogP contribution in [-0.2, 0) is 4.79 Å². The van der Waals surface area contributed by atoms with Crippen molar-refractivity contribution in [3.05, 3.63) is 34.9 Å². The number of aryl methyl sites for hydroxylation is 2. The third kappa shape index (κ3) is 2.86. The van der Waals surface area contributed by atoms with Crippen molar-refractivity contribution < 1.29 is 14.7 Å². The van der Waals surface area contributed by atoms with E-state index in [0.717, 1.165) is 24.0 Å². The quantitative estimate of drug-likeness (QED) is 0.848. The van der Waals surface area contributed by atoms with Crippen molar-refractivity contribution >= 4 is 11.8 Å². The van der Waals surface area contributed by atoms with Crippen LogP contribution in [0.5, 0.6) is 0 Å². The van der Waals surface area contributed by atoms with E-state index in [1.807, 2.05) is 32.0 Å². The minimum atomic E-state index is -0.831. The largest absolute Gasteiger partial charge is 0.481 e. The van der Waals surface area contributed by atoms with Crippen LogP contribution in [0.3, 0.4) is 0 Å². The zero-order valence-electron chi connectivity index (χ0n) is 11.5. The average molecular weight is 260 g/mol. The summed E-state index contributed by atoms with van der Waals surface area (Å²) < 4.78 is 0. The molecule has 0 saturated heterocycles. The number of benzene rings is 1. The fraction of sp³-hybridized carbons (Fsp3) is 0.500. The molecule has 1 aliphatic carbocycles. The molecule has 2 rings (SSSR count). The Morgan fingerprint density at radius 1 is 1.11 bits per heavy atom.